The quantitative estimate of drug-likeness (QED) is 0.171. The smallest absolute Gasteiger partial charge is 0.497 e. The Morgan fingerprint density at radius 3 is 2.03 bits per heavy atom. The highest BCUT2D eigenvalue weighted by atomic mass is 31.2. The summed E-state index contributed by atoms with van der Waals surface area (Å²) in [6.45, 7) is 0.0198. The van der Waals surface area contributed by atoms with Gasteiger partial charge in [0.1, 0.15) is 17.3 Å². The Kier molecular flexibility index (Phi) is 7.80. The van der Waals surface area contributed by atoms with Crippen molar-refractivity contribution in [2.75, 3.05) is 7.11 Å². The van der Waals surface area contributed by atoms with E-state index >= 15 is 0 Å². The van der Waals surface area contributed by atoms with Crippen molar-refractivity contribution in [3.05, 3.63) is 126 Å². The predicted octanol–water partition coefficient (Wildman–Crippen LogP) is 7.97. The normalized spacial score (nSPS) is 11.4. The number of aromatic nitrogens is 1. The fraction of sp³-hybridized carbons (Fsp3) is 0.100. The molecule has 0 fully saturated rings. The zero-order valence-corrected chi connectivity index (χ0v) is 21.5. The van der Waals surface area contributed by atoms with Crippen molar-refractivity contribution >= 4 is 18.7 Å². The SMILES string of the molecule is COc1ccc2nc(-c3cccc(F)c3)cc(OP(=O)(OCc3ccccc3)OCc3ccccc3)c2c1. The summed E-state index contributed by atoms with van der Waals surface area (Å²) < 4.78 is 51.1. The number of hydrogen-bond acceptors (Lipinski definition) is 6. The van der Waals surface area contributed by atoms with E-state index in [2.05, 4.69) is 4.98 Å². The number of ether oxygens (including phenoxy) is 1. The molecule has 38 heavy (non-hydrogen) atoms. The lowest BCUT2D eigenvalue weighted by atomic mass is 10.1. The highest BCUT2D eigenvalue weighted by molar-refractivity contribution is 7.48. The van der Waals surface area contributed by atoms with Crippen molar-refractivity contribution in [2.24, 2.45) is 0 Å². The van der Waals surface area contributed by atoms with Crippen LogP contribution in [0.5, 0.6) is 11.5 Å². The highest BCUT2D eigenvalue weighted by Gasteiger charge is 2.30. The maximum atomic E-state index is 14.1. The Balaban J connectivity index is 1.55. The van der Waals surface area contributed by atoms with E-state index in [1.54, 1.807) is 43.5 Å². The summed E-state index contributed by atoms with van der Waals surface area (Å²) in [7, 11) is -2.62. The molecule has 0 saturated heterocycles. The Morgan fingerprint density at radius 1 is 0.763 bits per heavy atom. The van der Waals surface area contributed by atoms with Crippen LogP contribution >= 0.6 is 7.82 Å². The van der Waals surface area contributed by atoms with Gasteiger partial charge in [0.25, 0.3) is 0 Å². The number of halogens is 1. The molecule has 0 aliphatic carbocycles. The fourth-order valence-electron chi connectivity index (χ4n) is 3.84. The maximum Gasteiger partial charge on any atom is 0.530 e. The summed E-state index contributed by atoms with van der Waals surface area (Å²) in [4.78, 5) is 4.67. The first-order chi connectivity index (χ1) is 18.5. The third-order valence-electron chi connectivity index (χ3n) is 5.77. The van der Waals surface area contributed by atoms with Gasteiger partial charge in [-0.15, -0.1) is 0 Å². The fourth-order valence-corrected chi connectivity index (χ4v) is 5.02. The zero-order valence-electron chi connectivity index (χ0n) is 20.6. The maximum absolute atomic E-state index is 14.1. The first-order valence-corrected chi connectivity index (χ1v) is 13.4. The van der Waals surface area contributed by atoms with Crippen LogP contribution in [0.3, 0.4) is 0 Å². The van der Waals surface area contributed by atoms with Gasteiger partial charge < -0.3 is 9.26 Å². The third kappa shape index (κ3) is 6.26. The number of pyridine rings is 1. The molecule has 192 valence electrons. The van der Waals surface area contributed by atoms with Crippen LogP contribution in [0.2, 0.25) is 0 Å². The van der Waals surface area contributed by atoms with E-state index in [9.17, 15) is 8.96 Å². The number of benzene rings is 4. The summed E-state index contributed by atoms with van der Waals surface area (Å²) in [5, 5.41) is 0.538. The third-order valence-corrected chi connectivity index (χ3v) is 7.08. The molecule has 6 nitrogen and oxygen atoms in total. The van der Waals surface area contributed by atoms with E-state index in [4.69, 9.17) is 18.3 Å². The number of fused-ring (bicyclic) bond motifs is 1. The number of hydrogen-bond donors (Lipinski definition) is 0. The summed E-state index contributed by atoms with van der Waals surface area (Å²) in [6, 6.07) is 31.6. The van der Waals surface area contributed by atoms with Crippen molar-refractivity contribution in [2.45, 2.75) is 13.2 Å². The molecular formula is C30H25FNO5P. The molecule has 0 unspecified atom stereocenters. The second kappa shape index (κ2) is 11.6. The zero-order chi connectivity index (χ0) is 26.4. The van der Waals surface area contributed by atoms with Gasteiger partial charge in [0.15, 0.2) is 0 Å². The minimum atomic E-state index is -4.16. The van der Waals surface area contributed by atoms with Gasteiger partial charge >= 0.3 is 7.82 Å². The molecule has 0 bridgehead atoms. The molecular weight excluding hydrogens is 504 g/mol. The van der Waals surface area contributed by atoms with Gasteiger partial charge in [-0.1, -0.05) is 72.8 Å². The second-order valence-electron chi connectivity index (χ2n) is 8.46. The molecule has 0 amide bonds. The summed E-state index contributed by atoms with van der Waals surface area (Å²) in [6.07, 6.45) is 0. The summed E-state index contributed by atoms with van der Waals surface area (Å²) in [5.41, 5.74) is 3.13. The van der Waals surface area contributed by atoms with Gasteiger partial charge in [0.2, 0.25) is 0 Å². The van der Waals surface area contributed by atoms with Gasteiger partial charge in [0.05, 0.1) is 31.5 Å². The molecule has 0 N–H and O–H groups in total. The van der Waals surface area contributed by atoms with Gasteiger partial charge in [-0.2, -0.15) is 0 Å². The van der Waals surface area contributed by atoms with Crippen LogP contribution in [-0.4, -0.2) is 12.1 Å². The first-order valence-electron chi connectivity index (χ1n) is 11.9. The van der Waals surface area contributed by atoms with Crippen molar-refractivity contribution < 1.29 is 27.3 Å². The second-order valence-corrected chi connectivity index (χ2v) is 10.0. The summed E-state index contributed by atoms with van der Waals surface area (Å²) in [5.74, 6) is 0.371. The number of rotatable bonds is 10. The Morgan fingerprint density at radius 2 is 1.42 bits per heavy atom. The van der Waals surface area contributed by atoms with E-state index in [1.807, 2.05) is 60.7 Å². The first kappa shape index (κ1) is 25.6. The highest BCUT2D eigenvalue weighted by Crippen LogP contribution is 2.52. The van der Waals surface area contributed by atoms with Crippen molar-refractivity contribution in [3.63, 3.8) is 0 Å². The molecule has 8 heteroatoms. The van der Waals surface area contributed by atoms with E-state index in [1.165, 1.54) is 12.1 Å². The Hall–Kier alpha value is -4.03. The Labute approximate surface area is 220 Å². The molecule has 0 spiro atoms. The summed E-state index contributed by atoms with van der Waals surface area (Å²) >= 11 is 0. The number of phosphoric acid groups is 1. The molecule has 1 aromatic heterocycles. The van der Waals surface area contributed by atoms with E-state index in [0.717, 1.165) is 11.1 Å². The van der Waals surface area contributed by atoms with Gasteiger partial charge in [-0.05, 0) is 41.5 Å². The average Bonchev–Trinajstić information content (AvgIpc) is 2.96. The minimum absolute atomic E-state index is 0.00992. The largest absolute Gasteiger partial charge is 0.530 e. The molecule has 0 aliphatic heterocycles. The van der Waals surface area contributed by atoms with Crippen LogP contribution < -0.4 is 9.26 Å². The van der Waals surface area contributed by atoms with Crippen molar-refractivity contribution in [3.8, 4) is 22.8 Å². The van der Waals surface area contributed by atoms with Crippen LogP contribution in [0.4, 0.5) is 4.39 Å². The molecule has 0 radical (unpaired) electrons. The number of phosphoric ester groups is 1. The molecule has 0 saturated carbocycles. The lowest BCUT2D eigenvalue weighted by molar-refractivity contribution is 0.143. The van der Waals surface area contributed by atoms with Crippen LogP contribution in [0, 0.1) is 5.82 Å². The van der Waals surface area contributed by atoms with E-state index < -0.39 is 13.6 Å². The molecule has 5 aromatic rings. The lowest BCUT2D eigenvalue weighted by Gasteiger charge is -2.20. The van der Waals surface area contributed by atoms with Crippen LogP contribution in [0.15, 0.2) is 109 Å². The van der Waals surface area contributed by atoms with Crippen LogP contribution in [0.1, 0.15) is 11.1 Å². The molecule has 4 aromatic carbocycles. The standard InChI is InChI=1S/C30H25FNO5P/c1-34-26-15-16-28-27(18-26)30(19-29(32-28)24-13-8-14-25(31)17-24)37-38(33,35-20-22-9-4-2-5-10-22)36-21-23-11-6-3-7-12-23/h2-19H,20-21H2,1H3. The topological polar surface area (TPSA) is 66.9 Å². The van der Waals surface area contributed by atoms with Gasteiger partial charge in [-0.3, -0.25) is 9.05 Å². The lowest BCUT2D eigenvalue weighted by Crippen LogP contribution is -2.04. The minimum Gasteiger partial charge on any atom is -0.497 e. The van der Waals surface area contributed by atoms with Gasteiger partial charge in [-0.25, -0.2) is 13.9 Å². The molecule has 0 atom stereocenters. The van der Waals surface area contributed by atoms with E-state index in [-0.39, 0.29) is 19.0 Å². The Bertz CT molecular complexity index is 1530. The van der Waals surface area contributed by atoms with Crippen LogP contribution in [0.25, 0.3) is 22.2 Å². The van der Waals surface area contributed by atoms with Gasteiger partial charge in [0, 0.05) is 17.0 Å². The number of methoxy groups -OCH3 is 1. The average molecular weight is 530 g/mol. The van der Waals surface area contributed by atoms with Crippen molar-refractivity contribution in [1.82, 2.24) is 4.98 Å². The molecule has 0 aliphatic rings. The van der Waals surface area contributed by atoms with Crippen LogP contribution in [-0.2, 0) is 26.8 Å². The molecule has 1 heterocycles. The van der Waals surface area contributed by atoms with Crippen molar-refractivity contribution in [1.29, 1.82) is 0 Å². The van der Waals surface area contributed by atoms with E-state index in [0.29, 0.717) is 27.9 Å². The molecule has 5 rings (SSSR count). The predicted molar refractivity (Wildman–Crippen MR) is 144 cm³/mol. The monoisotopic (exact) mass is 529 g/mol. The number of nitrogens with zero attached hydrogens (tertiary/aromatic N) is 1.